The van der Waals surface area contributed by atoms with Crippen LogP contribution in [0.4, 0.5) is 0 Å². The lowest BCUT2D eigenvalue weighted by molar-refractivity contribution is 0.0375. The third-order valence-corrected chi connectivity index (χ3v) is 8.91. The van der Waals surface area contributed by atoms with Crippen LogP contribution in [0, 0.1) is 0 Å². The smallest absolute Gasteiger partial charge is 0.192 e. The average molecular weight is 297 g/mol. The minimum Gasteiger partial charge on any atom is -0.411 e. The van der Waals surface area contributed by atoms with Gasteiger partial charge in [0.25, 0.3) is 0 Å². The predicted molar refractivity (Wildman–Crippen MR) is 84.0 cm³/mol. The molecule has 0 aromatic heterocycles. The SMILES string of the molecule is CC(C)(C)[Si](C)(C)OC1CCC=C(CCN=[N+]=[N-])C1O. The van der Waals surface area contributed by atoms with Gasteiger partial charge in [0, 0.05) is 11.5 Å². The van der Waals surface area contributed by atoms with Gasteiger partial charge >= 0.3 is 0 Å². The molecule has 0 aromatic carbocycles. The van der Waals surface area contributed by atoms with Crippen LogP contribution in [0.3, 0.4) is 0 Å². The first-order valence-electron chi connectivity index (χ1n) is 7.24. The van der Waals surface area contributed by atoms with Crippen molar-refractivity contribution in [2.24, 2.45) is 5.11 Å². The minimum atomic E-state index is -1.87. The Morgan fingerprint density at radius 3 is 2.70 bits per heavy atom. The second-order valence-electron chi connectivity index (χ2n) is 6.92. The van der Waals surface area contributed by atoms with E-state index in [4.69, 9.17) is 9.96 Å². The van der Waals surface area contributed by atoms with Gasteiger partial charge in [-0.2, -0.15) is 0 Å². The Hall–Kier alpha value is -0.813. The van der Waals surface area contributed by atoms with Crippen LogP contribution in [0.15, 0.2) is 16.8 Å². The molecule has 1 aliphatic carbocycles. The van der Waals surface area contributed by atoms with Crippen molar-refractivity contribution in [2.75, 3.05) is 6.54 Å². The molecule has 1 aliphatic rings. The summed E-state index contributed by atoms with van der Waals surface area (Å²) in [6, 6.07) is 0. The Balaban J connectivity index is 2.70. The summed E-state index contributed by atoms with van der Waals surface area (Å²) >= 11 is 0. The number of nitrogens with zero attached hydrogens (tertiary/aromatic N) is 3. The average Bonchev–Trinajstić information content (AvgIpc) is 2.32. The van der Waals surface area contributed by atoms with Gasteiger partial charge in [0.1, 0.15) is 0 Å². The quantitative estimate of drug-likeness (QED) is 0.272. The number of allylic oxidation sites excluding steroid dienone is 1. The fraction of sp³-hybridized carbons (Fsp3) is 0.857. The molecule has 0 aliphatic heterocycles. The highest BCUT2D eigenvalue weighted by atomic mass is 28.4. The van der Waals surface area contributed by atoms with Crippen LogP contribution in [0.5, 0.6) is 0 Å². The van der Waals surface area contributed by atoms with Gasteiger partial charge < -0.3 is 9.53 Å². The van der Waals surface area contributed by atoms with Crippen LogP contribution in [0.1, 0.15) is 40.0 Å². The molecule has 5 nitrogen and oxygen atoms in total. The Morgan fingerprint density at radius 2 is 2.15 bits per heavy atom. The summed E-state index contributed by atoms with van der Waals surface area (Å²) in [6.45, 7) is 11.4. The van der Waals surface area contributed by atoms with E-state index in [-0.39, 0.29) is 11.1 Å². The summed E-state index contributed by atoms with van der Waals surface area (Å²) in [6.07, 6.45) is 3.76. The van der Waals surface area contributed by atoms with Gasteiger partial charge in [-0.25, -0.2) is 0 Å². The highest BCUT2D eigenvalue weighted by Crippen LogP contribution is 2.39. The Morgan fingerprint density at radius 1 is 1.50 bits per heavy atom. The molecule has 0 fully saturated rings. The molecule has 2 unspecified atom stereocenters. The van der Waals surface area contributed by atoms with E-state index in [9.17, 15) is 5.11 Å². The predicted octanol–water partition coefficient (Wildman–Crippen LogP) is 4.16. The van der Waals surface area contributed by atoms with Crippen LogP contribution in [-0.2, 0) is 4.43 Å². The molecule has 1 N–H and O–H groups in total. The maximum absolute atomic E-state index is 10.5. The summed E-state index contributed by atoms with van der Waals surface area (Å²) in [5.41, 5.74) is 9.26. The number of aliphatic hydroxyl groups excluding tert-OH is 1. The Bertz CT molecular complexity index is 409. The normalized spacial score (nSPS) is 24.0. The standard InChI is InChI=1S/C14H27N3O2Si/c1-14(2,3)20(4,5)19-12-8-6-7-11(13(12)18)9-10-16-17-15/h7,12-13,18H,6,8-10H2,1-5H3. The lowest BCUT2D eigenvalue weighted by atomic mass is 9.92. The summed E-state index contributed by atoms with van der Waals surface area (Å²) in [5, 5.41) is 14.1. The fourth-order valence-electron chi connectivity index (χ4n) is 2.10. The van der Waals surface area contributed by atoms with Gasteiger partial charge in [0.2, 0.25) is 0 Å². The second kappa shape index (κ2) is 6.76. The van der Waals surface area contributed by atoms with E-state index in [1.54, 1.807) is 0 Å². The molecule has 114 valence electrons. The van der Waals surface area contributed by atoms with Crippen molar-refractivity contribution < 1.29 is 9.53 Å². The molecule has 6 heteroatoms. The van der Waals surface area contributed by atoms with E-state index in [1.165, 1.54) is 0 Å². The summed E-state index contributed by atoms with van der Waals surface area (Å²) in [5.74, 6) is 0. The minimum absolute atomic E-state index is 0.123. The maximum Gasteiger partial charge on any atom is 0.192 e. The van der Waals surface area contributed by atoms with Crippen molar-refractivity contribution in [1.29, 1.82) is 0 Å². The second-order valence-corrected chi connectivity index (χ2v) is 11.7. The number of hydrogen-bond donors (Lipinski definition) is 1. The molecule has 0 heterocycles. The van der Waals surface area contributed by atoms with Gasteiger partial charge in [-0.1, -0.05) is 32.0 Å². The number of azide groups is 1. The number of rotatable bonds is 5. The first-order chi connectivity index (χ1) is 9.19. The molecular formula is C14H27N3O2Si. The van der Waals surface area contributed by atoms with Gasteiger partial charge in [-0.3, -0.25) is 0 Å². The third-order valence-electron chi connectivity index (χ3n) is 4.41. The molecule has 0 radical (unpaired) electrons. The van der Waals surface area contributed by atoms with Gasteiger partial charge in [-0.15, -0.1) is 0 Å². The van der Waals surface area contributed by atoms with Crippen molar-refractivity contribution in [3.8, 4) is 0 Å². The van der Waals surface area contributed by atoms with E-state index in [2.05, 4.69) is 50.0 Å². The highest BCUT2D eigenvalue weighted by Gasteiger charge is 2.41. The number of hydrogen-bond acceptors (Lipinski definition) is 3. The third kappa shape index (κ3) is 4.35. The van der Waals surface area contributed by atoms with E-state index >= 15 is 0 Å². The zero-order valence-electron chi connectivity index (χ0n) is 13.3. The fourth-order valence-corrected chi connectivity index (χ4v) is 3.46. The zero-order chi connectivity index (χ0) is 15.4. The van der Waals surface area contributed by atoms with Crippen LogP contribution in [0.2, 0.25) is 18.1 Å². The van der Waals surface area contributed by atoms with E-state index in [0.29, 0.717) is 13.0 Å². The molecule has 20 heavy (non-hydrogen) atoms. The summed E-state index contributed by atoms with van der Waals surface area (Å²) < 4.78 is 6.34. The van der Waals surface area contributed by atoms with Crippen LogP contribution < -0.4 is 0 Å². The molecular weight excluding hydrogens is 270 g/mol. The first kappa shape index (κ1) is 17.2. The lowest BCUT2D eigenvalue weighted by Gasteiger charge is -2.42. The van der Waals surface area contributed by atoms with Gasteiger partial charge in [0.05, 0.1) is 12.2 Å². The van der Waals surface area contributed by atoms with Crippen molar-refractivity contribution in [3.05, 3.63) is 22.1 Å². The van der Waals surface area contributed by atoms with Crippen molar-refractivity contribution in [2.45, 2.75) is 70.4 Å². The molecule has 1 rings (SSSR count). The van der Waals surface area contributed by atoms with Crippen LogP contribution in [0.25, 0.3) is 10.4 Å². The molecule has 0 saturated carbocycles. The molecule has 2 atom stereocenters. The largest absolute Gasteiger partial charge is 0.411 e. The maximum atomic E-state index is 10.5. The van der Waals surface area contributed by atoms with Crippen LogP contribution in [-0.4, -0.2) is 32.2 Å². The Kier molecular flexibility index (Phi) is 5.83. The summed E-state index contributed by atoms with van der Waals surface area (Å²) in [7, 11) is -1.87. The zero-order valence-corrected chi connectivity index (χ0v) is 14.3. The summed E-state index contributed by atoms with van der Waals surface area (Å²) in [4.78, 5) is 2.75. The highest BCUT2D eigenvalue weighted by molar-refractivity contribution is 6.74. The van der Waals surface area contributed by atoms with Crippen molar-refractivity contribution in [3.63, 3.8) is 0 Å². The molecule has 0 saturated heterocycles. The Labute approximate surface area is 122 Å². The van der Waals surface area contributed by atoms with Crippen LogP contribution >= 0.6 is 0 Å². The van der Waals surface area contributed by atoms with E-state index < -0.39 is 14.4 Å². The van der Waals surface area contributed by atoms with Crippen molar-refractivity contribution >= 4 is 8.32 Å². The number of aliphatic hydroxyl groups is 1. The lowest BCUT2D eigenvalue weighted by Crippen LogP contribution is -2.48. The van der Waals surface area contributed by atoms with E-state index in [1.807, 2.05) is 0 Å². The van der Waals surface area contributed by atoms with E-state index in [0.717, 1.165) is 18.4 Å². The molecule has 0 spiro atoms. The van der Waals surface area contributed by atoms with Crippen molar-refractivity contribution in [1.82, 2.24) is 0 Å². The monoisotopic (exact) mass is 297 g/mol. The van der Waals surface area contributed by atoms with Gasteiger partial charge in [0.15, 0.2) is 8.32 Å². The molecule has 0 bridgehead atoms. The molecule has 0 aromatic rings. The topological polar surface area (TPSA) is 78.2 Å². The molecule has 0 amide bonds. The van der Waals surface area contributed by atoms with Gasteiger partial charge in [-0.05, 0) is 48.5 Å². The first-order valence-corrected chi connectivity index (χ1v) is 10.2.